The molecule has 1 aromatic carbocycles. The standard InChI is InChI=1S/C12H14O/c1-4-10-9(3)7-6-8-11(10)12(13)5-2/h4-8,12-13H,1-2H2,3H3. The van der Waals surface area contributed by atoms with Crippen LogP contribution in [0.1, 0.15) is 22.8 Å². The maximum atomic E-state index is 9.60. The summed E-state index contributed by atoms with van der Waals surface area (Å²) < 4.78 is 0. The summed E-state index contributed by atoms with van der Waals surface area (Å²) in [5.74, 6) is 0. The molecule has 0 radical (unpaired) electrons. The molecule has 1 atom stereocenters. The van der Waals surface area contributed by atoms with Crippen LogP contribution in [0.3, 0.4) is 0 Å². The van der Waals surface area contributed by atoms with Gasteiger partial charge in [-0.3, -0.25) is 0 Å². The molecule has 0 aliphatic heterocycles. The third kappa shape index (κ3) is 1.87. The number of hydrogen-bond acceptors (Lipinski definition) is 1. The summed E-state index contributed by atoms with van der Waals surface area (Å²) in [4.78, 5) is 0. The molecule has 1 unspecified atom stereocenters. The van der Waals surface area contributed by atoms with Crippen LogP contribution < -0.4 is 0 Å². The number of aryl methyl sites for hydroxylation is 1. The first-order chi connectivity index (χ1) is 6.20. The van der Waals surface area contributed by atoms with E-state index < -0.39 is 6.10 Å². The Labute approximate surface area is 79.0 Å². The molecular formula is C12H14O. The lowest BCUT2D eigenvalue weighted by molar-refractivity contribution is 0.229. The van der Waals surface area contributed by atoms with Crippen LogP contribution in [-0.2, 0) is 0 Å². The van der Waals surface area contributed by atoms with Gasteiger partial charge < -0.3 is 5.11 Å². The van der Waals surface area contributed by atoms with E-state index in [9.17, 15) is 5.11 Å². The van der Waals surface area contributed by atoms with Crippen LogP contribution >= 0.6 is 0 Å². The van der Waals surface area contributed by atoms with Crippen molar-refractivity contribution in [2.24, 2.45) is 0 Å². The Balaban J connectivity index is 3.27. The zero-order valence-electron chi connectivity index (χ0n) is 7.83. The monoisotopic (exact) mass is 174 g/mol. The molecule has 0 amide bonds. The summed E-state index contributed by atoms with van der Waals surface area (Å²) in [6.07, 6.45) is 2.67. The van der Waals surface area contributed by atoms with Crippen molar-refractivity contribution in [2.75, 3.05) is 0 Å². The highest BCUT2D eigenvalue weighted by Gasteiger charge is 2.07. The van der Waals surface area contributed by atoms with Gasteiger partial charge in [0.05, 0.1) is 6.10 Å². The minimum absolute atomic E-state index is 0.604. The van der Waals surface area contributed by atoms with Crippen LogP contribution in [0.25, 0.3) is 6.08 Å². The molecule has 0 aromatic heterocycles. The molecule has 0 aliphatic rings. The smallest absolute Gasteiger partial charge is 0.0975 e. The van der Waals surface area contributed by atoms with Crippen LogP contribution in [0.2, 0.25) is 0 Å². The first-order valence-electron chi connectivity index (χ1n) is 4.23. The van der Waals surface area contributed by atoms with E-state index in [0.29, 0.717) is 0 Å². The van der Waals surface area contributed by atoms with Crippen molar-refractivity contribution in [2.45, 2.75) is 13.0 Å². The summed E-state index contributed by atoms with van der Waals surface area (Å²) in [6, 6.07) is 5.80. The number of aliphatic hydroxyl groups excluding tert-OH is 1. The molecule has 1 aromatic rings. The van der Waals surface area contributed by atoms with Gasteiger partial charge in [0.1, 0.15) is 0 Å². The van der Waals surface area contributed by atoms with Crippen molar-refractivity contribution in [3.8, 4) is 0 Å². The molecule has 0 heterocycles. The van der Waals surface area contributed by atoms with Crippen LogP contribution in [0, 0.1) is 6.92 Å². The number of benzene rings is 1. The highest BCUT2D eigenvalue weighted by atomic mass is 16.3. The molecule has 1 rings (SSSR count). The first kappa shape index (κ1) is 9.75. The fourth-order valence-corrected chi connectivity index (χ4v) is 1.37. The van der Waals surface area contributed by atoms with Crippen molar-refractivity contribution < 1.29 is 5.11 Å². The Bertz CT molecular complexity index is 326. The number of hydrogen-bond donors (Lipinski definition) is 1. The Morgan fingerprint density at radius 2 is 2.08 bits per heavy atom. The maximum Gasteiger partial charge on any atom is 0.0975 e. The van der Waals surface area contributed by atoms with Gasteiger partial charge in [0, 0.05) is 0 Å². The molecule has 0 saturated carbocycles. The van der Waals surface area contributed by atoms with Gasteiger partial charge in [0.25, 0.3) is 0 Å². The quantitative estimate of drug-likeness (QED) is 0.698. The summed E-state index contributed by atoms with van der Waals surface area (Å²) in [5, 5.41) is 9.60. The SMILES string of the molecule is C=Cc1c(C)cccc1C(O)C=C. The highest BCUT2D eigenvalue weighted by Crippen LogP contribution is 2.22. The molecule has 0 saturated heterocycles. The fraction of sp³-hybridized carbons (Fsp3) is 0.167. The molecule has 68 valence electrons. The van der Waals surface area contributed by atoms with Gasteiger partial charge in [0.2, 0.25) is 0 Å². The van der Waals surface area contributed by atoms with Crippen molar-refractivity contribution in [3.05, 3.63) is 54.1 Å². The van der Waals surface area contributed by atoms with E-state index in [1.165, 1.54) is 6.08 Å². The fourth-order valence-electron chi connectivity index (χ4n) is 1.37. The van der Waals surface area contributed by atoms with Crippen molar-refractivity contribution in [3.63, 3.8) is 0 Å². The number of rotatable bonds is 3. The van der Waals surface area contributed by atoms with Gasteiger partial charge in [-0.2, -0.15) is 0 Å². The molecule has 0 bridgehead atoms. The van der Waals surface area contributed by atoms with E-state index in [-0.39, 0.29) is 0 Å². The van der Waals surface area contributed by atoms with Crippen LogP contribution in [0.5, 0.6) is 0 Å². The van der Waals surface area contributed by atoms with Gasteiger partial charge in [-0.25, -0.2) is 0 Å². The lowest BCUT2D eigenvalue weighted by Gasteiger charge is -2.11. The zero-order valence-corrected chi connectivity index (χ0v) is 7.83. The molecule has 13 heavy (non-hydrogen) atoms. The van der Waals surface area contributed by atoms with Gasteiger partial charge >= 0.3 is 0 Å². The summed E-state index contributed by atoms with van der Waals surface area (Å²) in [6.45, 7) is 9.28. The Morgan fingerprint density at radius 3 is 2.62 bits per heavy atom. The second kappa shape index (κ2) is 4.06. The van der Waals surface area contributed by atoms with E-state index in [1.54, 1.807) is 6.08 Å². The Kier molecular flexibility index (Phi) is 3.04. The maximum absolute atomic E-state index is 9.60. The van der Waals surface area contributed by atoms with Crippen molar-refractivity contribution in [1.82, 2.24) is 0 Å². The van der Waals surface area contributed by atoms with Crippen LogP contribution in [0.15, 0.2) is 37.4 Å². The largest absolute Gasteiger partial charge is 0.384 e. The minimum Gasteiger partial charge on any atom is -0.384 e. The van der Waals surface area contributed by atoms with Crippen LogP contribution in [-0.4, -0.2) is 5.11 Å². The van der Waals surface area contributed by atoms with Gasteiger partial charge in [-0.1, -0.05) is 36.9 Å². The molecule has 1 N–H and O–H groups in total. The van der Waals surface area contributed by atoms with Crippen LogP contribution in [0.4, 0.5) is 0 Å². The lowest BCUT2D eigenvalue weighted by Crippen LogP contribution is -1.97. The third-order valence-electron chi connectivity index (χ3n) is 2.10. The van der Waals surface area contributed by atoms with E-state index in [1.807, 2.05) is 25.1 Å². The topological polar surface area (TPSA) is 20.2 Å². The zero-order chi connectivity index (χ0) is 9.84. The predicted octanol–water partition coefficient (Wildman–Crippen LogP) is 2.86. The highest BCUT2D eigenvalue weighted by molar-refractivity contribution is 5.57. The average Bonchev–Trinajstić information content (AvgIpc) is 2.16. The Morgan fingerprint density at radius 1 is 1.38 bits per heavy atom. The van der Waals surface area contributed by atoms with Crippen molar-refractivity contribution in [1.29, 1.82) is 0 Å². The molecule has 1 heteroatoms. The first-order valence-corrected chi connectivity index (χ1v) is 4.23. The van der Waals surface area contributed by atoms with Gasteiger partial charge in [-0.05, 0) is 23.6 Å². The normalized spacial score (nSPS) is 12.2. The predicted molar refractivity (Wildman–Crippen MR) is 56.4 cm³/mol. The molecule has 0 spiro atoms. The van der Waals surface area contributed by atoms with E-state index in [4.69, 9.17) is 0 Å². The van der Waals surface area contributed by atoms with Crippen molar-refractivity contribution >= 4 is 6.08 Å². The van der Waals surface area contributed by atoms with Gasteiger partial charge in [0.15, 0.2) is 0 Å². The Hall–Kier alpha value is -1.34. The summed E-state index contributed by atoms with van der Waals surface area (Å²) >= 11 is 0. The lowest BCUT2D eigenvalue weighted by atomic mass is 9.98. The second-order valence-electron chi connectivity index (χ2n) is 2.96. The molecule has 0 fully saturated rings. The second-order valence-corrected chi connectivity index (χ2v) is 2.96. The van der Waals surface area contributed by atoms with E-state index >= 15 is 0 Å². The van der Waals surface area contributed by atoms with E-state index in [2.05, 4.69) is 13.2 Å². The minimum atomic E-state index is -0.604. The molecule has 1 nitrogen and oxygen atoms in total. The van der Waals surface area contributed by atoms with E-state index in [0.717, 1.165) is 16.7 Å². The molecular weight excluding hydrogens is 160 g/mol. The summed E-state index contributed by atoms with van der Waals surface area (Å²) in [5.41, 5.74) is 2.98. The van der Waals surface area contributed by atoms with Gasteiger partial charge in [-0.15, -0.1) is 6.58 Å². The third-order valence-corrected chi connectivity index (χ3v) is 2.10. The molecule has 0 aliphatic carbocycles. The number of aliphatic hydroxyl groups is 1. The summed E-state index contributed by atoms with van der Waals surface area (Å²) in [7, 11) is 0. The average molecular weight is 174 g/mol.